The maximum Gasteiger partial charge on any atom is 0.351 e. The highest BCUT2D eigenvalue weighted by molar-refractivity contribution is 8.32. The van der Waals surface area contributed by atoms with Gasteiger partial charge >= 0.3 is 28.4 Å². The summed E-state index contributed by atoms with van der Waals surface area (Å²) in [4.78, 5) is 241. The monoisotopic (exact) mass is 2280 g/mol. The fourth-order valence-corrected chi connectivity index (χ4v) is 26.2. The summed E-state index contributed by atoms with van der Waals surface area (Å²) in [5.74, 6) is -0.609. The molecule has 7 aliphatic heterocycles. The van der Waals surface area contributed by atoms with E-state index in [1.807, 2.05) is 0 Å². The summed E-state index contributed by atoms with van der Waals surface area (Å²) in [6.45, 7) is -30.1. The van der Waals surface area contributed by atoms with Gasteiger partial charge in [-0.1, -0.05) is 70.8 Å². The van der Waals surface area contributed by atoms with Crippen LogP contribution in [-0.4, -0.2) is 219 Å². The van der Waals surface area contributed by atoms with Crippen LogP contribution in [0.5, 0.6) is 0 Å². The van der Waals surface area contributed by atoms with E-state index in [2.05, 4.69) is 54.8 Å². The lowest BCUT2D eigenvalue weighted by Crippen LogP contribution is -2.34. The molecule has 0 radical (unpaired) electrons. The van der Waals surface area contributed by atoms with E-state index in [1.165, 1.54) is 68.1 Å². The Morgan fingerprint density at radius 1 is 0.368 bits per heavy atom. The van der Waals surface area contributed by atoms with E-state index >= 15 is 0 Å². The molecule has 7 saturated heterocycles. The molecule has 12 N–H and O–H groups in total. The average molecular weight is 2280 g/mol. The molecule has 0 saturated carbocycles. The molecular formula is C71H88N22O37P7S7-7. The number of hydrogen-bond donors (Lipinski definition) is 8. The Bertz CT molecular complexity index is 7360. The summed E-state index contributed by atoms with van der Waals surface area (Å²) < 4.78 is 147. The van der Waals surface area contributed by atoms with E-state index in [0.29, 0.717) is 5.56 Å². The summed E-state index contributed by atoms with van der Waals surface area (Å²) in [5.41, 5.74) is 17.3. The van der Waals surface area contributed by atoms with Crippen molar-refractivity contribution in [3.8, 4) is 0 Å². The minimum absolute atomic E-state index is 0.00948. The van der Waals surface area contributed by atoms with Crippen molar-refractivity contribution in [3.63, 3.8) is 0 Å². The molecule has 7 fully saturated rings. The van der Waals surface area contributed by atoms with Crippen LogP contribution in [0.2, 0.25) is 0 Å². The summed E-state index contributed by atoms with van der Waals surface area (Å²) in [6, 6.07) is 0. The first kappa shape index (κ1) is 110. The molecule has 0 bridgehead atoms. The molecule has 9 aromatic heterocycles. The van der Waals surface area contributed by atoms with E-state index in [4.69, 9.17) is 203 Å². The minimum atomic E-state index is -5.05. The van der Waals surface area contributed by atoms with Crippen LogP contribution >= 0.6 is 47.1 Å². The molecule has 7 aliphatic rings. The van der Waals surface area contributed by atoms with E-state index < -0.39 is 286 Å². The fourth-order valence-electron chi connectivity index (χ4n) is 16.5. The molecule has 0 amide bonds. The number of nitrogens with zero attached hydrogens (tertiary/aromatic N) is 14. The Kier molecular flexibility index (Phi) is 33.6. The molecule has 9 aromatic rings. The van der Waals surface area contributed by atoms with Gasteiger partial charge in [-0.05, 0) is 41.5 Å². The SMILES string of the molecule is COP([O-])(=S)O[C@@H]1C[C@H](n2cnc3c(=O)[nH]c(N)nc32)O[C@@H]1COP([O-])(=S)O[C@@H]1C[C@H](n2cc(C)c(=O)[nH]c2=O)O[C@@H]1COP([O-])(=S)O[C@@H]1C[C@H](n2cnc3c(N)ncnc32)O[C@@H]1COP([O-])(=S)O[C@@H]1C[C@H](n2cc(C)c(N)nc2=O)O[C@@H]1COP([O-])(=S)O[C@@H]1C[C@H](n2cc(C)c(=O)[nH]c2=O)O[C@@H]1COP(=O)([S-])O[C@@H]1C[C@H](n2cc(C)c(N)nc2=O)O[C@@H]1COP([O-])(=S)O[C@@H]1C[C@H](n2cc(C)c(=O)[nH]c2=O)O[C@@H]1C. The number of aromatic amines is 4. The van der Waals surface area contributed by atoms with Gasteiger partial charge in [-0.25, -0.2) is 43.9 Å². The number of H-pyrrole nitrogens is 4. The lowest BCUT2D eigenvalue weighted by atomic mass is 10.2. The zero-order valence-electron chi connectivity index (χ0n) is 75.6. The van der Waals surface area contributed by atoms with Gasteiger partial charge in [-0.2, -0.15) is 15.0 Å². The predicted octanol–water partition coefficient (Wildman–Crippen LogP) is -3.37. The Labute approximate surface area is 844 Å². The summed E-state index contributed by atoms with van der Waals surface area (Å²) in [6.07, 6.45) is -21.7. The number of rotatable bonds is 40. The van der Waals surface area contributed by atoms with E-state index in [1.54, 1.807) is 13.8 Å². The molecule has 0 aromatic carbocycles. The van der Waals surface area contributed by atoms with Gasteiger partial charge in [0.15, 0.2) is 29.4 Å². The second-order valence-electron chi connectivity index (χ2n) is 33.6. The first-order valence-electron chi connectivity index (χ1n) is 42.9. The second-order valence-corrected chi connectivity index (χ2v) is 52.7. The van der Waals surface area contributed by atoms with E-state index in [-0.39, 0.29) is 93.7 Å². The number of nitrogen functional groups attached to an aromatic ring is 4. The van der Waals surface area contributed by atoms with Crippen LogP contribution in [0.1, 0.15) is 123 Å². The molecule has 7 unspecified atom stereocenters. The highest BCUT2D eigenvalue weighted by atomic mass is 32.7. The van der Waals surface area contributed by atoms with Crippen LogP contribution in [-0.2, 0) is 184 Å². The van der Waals surface area contributed by atoms with Gasteiger partial charge in [0.1, 0.15) is 144 Å². The number of nitrogens with one attached hydrogen (secondary N) is 4. The third-order valence-electron chi connectivity index (χ3n) is 23.7. The van der Waals surface area contributed by atoms with Crippen molar-refractivity contribution in [2.45, 2.75) is 216 Å². The van der Waals surface area contributed by atoms with Gasteiger partial charge in [-0.3, -0.25) is 75.6 Å². The third kappa shape index (κ3) is 25.8. The molecule has 16 rings (SSSR count). The molecule has 59 nitrogen and oxygen atoms in total. The molecule has 144 heavy (non-hydrogen) atoms. The zero-order valence-corrected chi connectivity index (χ0v) is 87.6. The third-order valence-corrected chi connectivity index (χ3v) is 34.8. The number of ether oxygens (including phenoxy) is 7. The number of aryl methyl sites for hydroxylation is 5. The summed E-state index contributed by atoms with van der Waals surface area (Å²) in [5, 5.41) is 0. The van der Waals surface area contributed by atoms with Crippen molar-refractivity contribution in [2.75, 3.05) is 69.7 Å². The smallest absolute Gasteiger partial charge is 0.351 e. The van der Waals surface area contributed by atoms with Gasteiger partial charge in [0.2, 0.25) is 5.95 Å². The Balaban J connectivity index is 0.605. The zero-order chi connectivity index (χ0) is 104. The lowest BCUT2D eigenvalue weighted by molar-refractivity contribution is -0.221. The molecule has 0 spiro atoms. The normalized spacial score (nSPS) is 29.7. The first-order valence-corrected chi connectivity index (χ1v) is 60.8. The molecule has 16 heterocycles. The van der Waals surface area contributed by atoms with E-state index in [0.717, 1.165) is 48.7 Å². The van der Waals surface area contributed by atoms with Crippen LogP contribution < -0.4 is 103 Å². The van der Waals surface area contributed by atoms with Crippen LogP contribution in [0.3, 0.4) is 0 Å². The van der Waals surface area contributed by atoms with Crippen molar-refractivity contribution in [1.82, 2.24) is 86.8 Å². The first-order chi connectivity index (χ1) is 67.6. The van der Waals surface area contributed by atoms with Gasteiger partial charge in [0.05, 0.1) is 101 Å². The van der Waals surface area contributed by atoms with Crippen molar-refractivity contribution < 1.29 is 130 Å². The molecular weight excluding hydrogens is 2190 g/mol. The predicted molar refractivity (Wildman–Crippen MR) is 509 cm³/mol. The Morgan fingerprint density at radius 2 is 0.667 bits per heavy atom. The van der Waals surface area contributed by atoms with Crippen LogP contribution in [0, 0.1) is 34.6 Å². The minimum Gasteiger partial charge on any atom is -0.780 e. The highest BCUT2D eigenvalue weighted by Crippen LogP contribution is 2.57. The molecule has 788 valence electrons. The number of imidazole rings is 2. The Hall–Kier alpha value is -6.70. The van der Waals surface area contributed by atoms with E-state index in [9.17, 15) is 77.1 Å². The van der Waals surface area contributed by atoms with Crippen LogP contribution in [0.15, 0.2) is 93.1 Å². The number of anilines is 4. The standard InChI is InChI=1S/C71H95N22O37P7S7/c1-29-15-87(67(98)80-57(29)72)49-9-37(43(118-49)21-111-132(104,139)124-35-8-48(117-34(35)6)89-17-31(3)62(94)84-69(89)100)126-134(106,141)114-23-45-40(12-52(120-45)91-19-33(5)64(96)86-71(91)102)129-135(107,142)113-22-44-38(10-50(119-44)88-16-30(2)58(73)81-68(88)99)127-136(108,143)116-25-47-41(14-53(122-47)92-27-78-55-59(74)76-26-77-60(55)92)130-137(109,144)115-24-46-39(11-51(121-46)90-18-32(4)63(95)85-70(90)101)128-133(105,140)112-20-42-36(125-131(103,138)110-7)13-54(123-42)93-28-79-56-61(93)82-66(75)83-65(56)97/h15-19,26-28,34-54H,8-14,20-25H2,1-7H3,(H,103,138)(H,104,139)(H,105,140)(H,106,141)(H,107,142)(H,108,143)(H,109,144)(H2,72,80,98)(H2,73,81,99)(H2,74,76,77)(H,84,94,100)(H,85,95,101)(H,86,96,102)(H3,75,82,83,97)/p-7/t34-,35-,36-,37-,38-,39-,40-,41-,42-,43-,44-,45-,46-,47-,48-,49-,50-,51-,52-,53-,54-,131?,132?,133?,134?,135?,136?,137?/m1/s1. The van der Waals surface area contributed by atoms with Crippen molar-refractivity contribution in [2.24, 2.45) is 0 Å². The maximum atomic E-state index is 15.0. The van der Waals surface area contributed by atoms with Crippen LogP contribution in [0.4, 0.5) is 23.4 Å². The van der Waals surface area contributed by atoms with Gasteiger partial charge in [0, 0.05) is 111 Å². The summed E-state index contributed by atoms with van der Waals surface area (Å²) in [7, 11) is 1.03. The molecule has 73 heteroatoms. The largest absolute Gasteiger partial charge is 0.780 e. The second kappa shape index (κ2) is 43.9. The lowest BCUT2D eigenvalue weighted by Gasteiger charge is -2.36. The maximum absolute atomic E-state index is 15.0. The molecule has 28 atom stereocenters. The van der Waals surface area contributed by atoms with Gasteiger partial charge in [0.25, 0.3) is 22.2 Å². The van der Waals surface area contributed by atoms with Gasteiger partial charge in [-0.15, -0.1) is 0 Å². The molecule has 0 aliphatic carbocycles. The highest BCUT2D eigenvalue weighted by Gasteiger charge is 2.49. The van der Waals surface area contributed by atoms with Crippen LogP contribution in [0.25, 0.3) is 22.3 Å². The average Bonchev–Trinajstić information content (AvgIpc) is 1.63. The number of aromatic nitrogens is 18. The number of nitrogens with two attached hydrogens (primary N) is 4. The summed E-state index contributed by atoms with van der Waals surface area (Å²) >= 11 is 37.9. The topological polar surface area (TPSA) is 795 Å². The van der Waals surface area contributed by atoms with Crippen molar-refractivity contribution in [3.05, 3.63) is 172 Å². The van der Waals surface area contributed by atoms with Crippen molar-refractivity contribution in [1.29, 1.82) is 0 Å². The van der Waals surface area contributed by atoms with Crippen molar-refractivity contribution >= 4 is 176 Å². The number of hydrogen-bond acceptors (Lipinski definition) is 55. The fraction of sp³-hybridized carbons (Fsp3) is 0.577. The quantitative estimate of drug-likeness (QED) is 0.0137. The number of fused-ring (bicyclic) bond motifs is 2. The Morgan fingerprint density at radius 3 is 1.03 bits per heavy atom. The van der Waals surface area contributed by atoms with Gasteiger partial charge < -0.3 is 161 Å².